The molecule has 0 aromatic heterocycles. The van der Waals surface area contributed by atoms with Crippen LogP contribution in [0.5, 0.6) is 0 Å². The van der Waals surface area contributed by atoms with Crippen LogP contribution in [0.3, 0.4) is 0 Å². The molecule has 2 aromatic rings. The second kappa shape index (κ2) is 6.40. The second-order valence-corrected chi connectivity index (χ2v) is 8.47. The molecule has 0 saturated heterocycles. The van der Waals surface area contributed by atoms with Crippen LogP contribution in [0, 0.1) is 6.92 Å². The van der Waals surface area contributed by atoms with Gasteiger partial charge in [0, 0.05) is 5.56 Å². The number of carbonyl (C=O) groups excluding carboxylic acids is 1. The number of sulfone groups is 1. The van der Waals surface area contributed by atoms with E-state index in [2.05, 4.69) is 30.4 Å². The van der Waals surface area contributed by atoms with E-state index in [1.807, 2.05) is 0 Å². The Morgan fingerprint density at radius 2 is 1.88 bits per heavy atom. The lowest BCUT2D eigenvalue weighted by Gasteiger charge is -2.14. The number of hydrogen-bond acceptors (Lipinski definition) is 3. The predicted molar refractivity (Wildman–Crippen MR) is 93.9 cm³/mol. The Bertz CT molecular complexity index is 870. The molecule has 4 nitrogen and oxygen atoms in total. The molecule has 0 heterocycles. The monoisotopic (exact) mass is 343 g/mol. The lowest BCUT2D eigenvalue weighted by Crippen LogP contribution is -2.27. The van der Waals surface area contributed by atoms with Gasteiger partial charge in [0.2, 0.25) is 0 Å². The number of rotatable bonds is 4. The van der Waals surface area contributed by atoms with Crippen LogP contribution < -0.4 is 5.32 Å². The average molecular weight is 343 g/mol. The molecule has 1 aliphatic carbocycles. The Balaban J connectivity index is 1.75. The van der Waals surface area contributed by atoms with Crippen LogP contribution in [0.25, 0.3) is 0 Å². The van der Waals surface area contributed by atoms with Gasteiger partial charge >= 0.3 is 0 Å². The fraction of sp³-hybridized carbons (Fsp3) is 0.316. The van der Waals surface area contributed by atoms with Gasteiger partial charge in [-0.2, -0.15) is 0 Å². The Morgan fingerprint density at radius 1 is 1.17 bits per heavy atom. The summed E-state index contributed by atoms with van der Waals surface area (Å²) in [6.45, 7) is 3.67. The van der Waals surface area contributed by atoms with Crippen LogP contribution in [-0.2, 0) is 16.3 Å². The molecule has 0 fully saturated rings. The average Bonchev–Trinajstić information content (AvgIpc) is 2.96. The van der Waals surface area contributed by atoms with Gasteiger partial charge in [-0.3, -0.25) is 4.79 Å². The van der Waals surface area contributed by atoms with E-state index in [-0.39, 0.29) is 22.6 Å². The van der Waals surface area contributed by atoms with Crippen LogP contribution in [-0.4, -0.2) is 20.1 Å². The zero-order valence-electron chi connectivity index (χ0n) is 13.9. The first-order chi connectivity index (χ1) is 11.4. The van der Waals surface area contributed by atoms with Crippen molar-refractivity contribution in [2.24, 2.45) is 0 Å². The number of carbonyl (C=O) groups is 1. The molecule has 0 radical (unpaired) electrons. The quantitative estimate of drug-likeness (QED) is 0.927. The fourth-order valence-electron chi connectivity index (χ4n) is 3.12. The molecule has 126 valence electrons. The van der Waals surface area contributed by atoms with Gasteiger partial charge < -0.3 is 5.32 Å². The first kappa shape index (κ1) is 16.7. The molecule has 1 aliphatic rings. The number of nitrogens with one attached hydrogen (secondary N) is 1. The van der Waals surface area contributed by atoms with Gasteiger partial charge in [0.15, 0.2) is 9.84 Å². The molecule has 0 unspecified atom stereocenters. The first-order valence-corrected chi connectivity index (χ1v) is 9.79. The van der Waals surface area contributed by atoms with Crippen molar-refractivity contribution in [2.45, 2.75) is 37.6 Å². The Labute approximate surface area is 142 Å². The fourth-order valence-corrected chi connectivity index (χ4v) is 4.00. The summed E-state index contributed by atoms with van der Waals surface area (Å²) < 4.78 is 23.7. The van der Waals surface area contributed by atoms with Gasteiger partial charge in [-0.25, -0.2) is 8.42 Å². The summed E-state index contributed by atoms with van der Waals surface area (Å²) in [6.07, 6.45) is 1.86. The summed E-state index contributed by atoms with van der Waals surface area (Å²) >= 11 is 0. The lowest BCUT2D eigenvalue weighted by atomic mass is 10.1. The standard InChI is InChI=1S/C19H21NO3S/c1-3-24(22,23)16-8-5-14(6-9-16)19(21)20-18-11-7-15-12-13(2)4-10-17(15)18/h4-6,8-10,12,18H,3,7,11H2,1-2H3,(H,20,21)/t18-/m1/s1. The summed E-state index contributed by atoms with van der Waals surface area (Å²) in [7, 11) is -3.24. The van der Waals surface area contributed by atoms with Crippen LogP contribution >= 0.6 is 0 Å². The van der Waals surface area contributed by atoms with E-state index >= 15 is 0 Å². The van der Waals surface area contributed by atoms with Crippen LogP contribution in [0.15, 0.2) is 47.4 Å². The minimum absolute atomic E-state index is 0.0205. The zero-order valence-corrected chi connectivity index (χ0v) is 14.7. The zero-order chi connectivity index (χ0) is 17.3. The molecule has 2 aromatic carbocycles. The van der Waals surface area contributed by atoms with Crippen molar-refractivity contribution in [1.82, 2.24) is 5.32 Å². The summed E-state index contributed by atoms with van der Waals surface area (Å²) in [4.78, 5) is 12.7. The highest BCUT2D eigenvalue weighted by Gasteiger charge is 2.24. The molecule has 0 spiro atoms. The van der Waals surface area contributed by atoms with E-state index in [0.717, 1.165) is 12.8 Å². The minimum Gasteiger partial charge on any atom is -0.345 e. The van der Waals surface area contributed by atoms with Crippen LogP contribution in [0.2, 0.25) is 0 Å². The molecular weight excluding hydrogens is 322 g/mol. The molecule has 0 aliphatic heterocycles. The van der Waals surface area contributed by atoms with Crippen molar-refractivity contribution in [2.75, 3.05) is 5.75 Å². The van der Waals surface area contributed by atoms with Crippen molar-refractivity contribution in [3.8, 4) is 0 Å². The summed E-state index contributed by atoms with van der Waals surface area (Å²) in [5, 5.41) is 3.05. The topological polar surface area (TPSA) is 63.2 Å². The summed E-state index contributed by atoms with van der Waals surface area (Å²) in [6, 6.07) is 12.5. The highest BCUT2D eigenvalue weighted by Crippen LogP contribution is 2.31. The van der Waals surface area contributed by atoms with Crippen molar-refractivity contribution >= 4 is 15.7 Å². The third-order valence-electron chi connectivity index (χ3n) is 4.54. The maximum absolute atomic E-state index is 12.4. The molecular formula is C19H21NO3S. The van der Waals surface area contributed by atoms with E-state index in [4.69, 9.17) is 0 Å². The summed E-state index contributed by atoms with van der Waals surface area (Å²) in [5.41, 5.74) is 4.18. The highest BCUT2D eigenvalue weighted by molar-refractivity contribution is 7.91. The second-order valence-electron chi connectivity index (χ2n) is 6.19. The number of benzene rings is 2. The van der Waals surface area contributed by atoms with E-state index in [1.165, 1.54) is 28.8 Å². The normalized spacial score (nSPS) is 16.7. The number of hydrogen-bond donors (Lipinski definition) is 1. The van der Waals surface area contributed by atoms with Gasteiger partial charge in [-0.15, -0.1) is 0 Å². The molecule has 24 heavy (non-hydrogen) atoms. The van der Waals surface area contributed by atoms with Gasteiger partial charge in [0.05, 0.1) is 16.7 Å². The molecule has 1 atom stereocenters. The van der Waals surface area contributed by atoms with Gasteiger partial charge in [0.25, 0.3) is 5.91 Å². The molecule has 0 saturated carbocycles. The SMILES string of the molecule is CCS(=O)(=O)c1ccc(C(=O)N[C@@H]2CCc3cc(C)ccc32)cc1. The van der Waals surface area contributed by atoms with Crippen molar-refractivity contribution in [3.63, 3.8) is 0 Å². The molecule has 5 heteroatoms. The van der Waals surface area contributed by atoms with E-state index in [1.54, 1.807) is 19.1 Å². The maximum Gasteiger partial charge on any atom is 0.251 e. The molecule has 0 bridgehead atoms. The smallest absolute Gasteiger partial charge is 0.251 e. The Kier molecular flexibility index (Phi) is 4.45. The van der Waals surface area contributed by atoms with Crippen molar-refractivity contribution < 1.29 is 13.2 Å². The van der Waals surface area contributed by atoms with Crippen molar-refractivity contribution in [1.29, 1.82) is 0 Å². The maximum atomic E-state index is 12.4. The van der Waals surface area contributed by atoms with Crippen LogP contribution in [0.1, 0.15) is 46.4 Å². The van der Waals surface area contributed by atoms with Crippen LogP contribution in [0.4, 0.5) is 0 Å². The Hall–Kier alpha value is -2.14. The third-order valence-corrected chi connectivity index (χ3v) is 6.29. The van der Waals surface area contributed by atoms with E-state index in [0.29, 0.717) is 5.56 Å². The first-order valence-electron chi connectivity index (χ1n) is 8.14. The number of fused-ring (bicyclic) bond motifs is 1. The largest absolute Gasteiger partial charge is 0.345 e. The van der Waals surface area contributed by atoms with Gasteiger partial charge in [0.1, 0.15) is 0 Å². The van der Waals surface area contributed by atoms with E-state index < -0.39 is 9.84 Å². The highest BCUT2D eigenvalue weighted by atomic mass is 32.2. The minimum atomic E-state index is -3.24. The van der Waals surface area contributed by atoms with Gasteiger partial charge in [-0.1, -0.05) is 30.7 Å². The van der Waals surface area contributed by atoms with Crippen molar-refractivity contribution in [3.05, 3.63) is 64.7 Å². The molecule has 1 N–H and O–H groups in total. The number of amides is 1. The summed E-state index contributed by atoms with van der Waals surface area (Å²) in [5.74, 6) is -0.120. The molecule has 1 amide bonds. The Morgan fingerprint density at radius 3 is 2.54 bits per heavy atom. The number of aryl methyl sites for hydroxylation is 2. The third kappa shape index (κ3) is 3.22. The molecule has 3 rings (SSSR count). The van der Waals surface area contributed by atoms with E-state index in [9.17, 15) is 13.2 Å². The predicted octanol–water partition coefficient (Wildman–Crippen LogP) is 3.21. The lowest BCUT2D eigenvalue weighted by molar-refractivity contribution is 0.0936. The van der Waals surface area contributed by atoms with Gasteiger partial charge in [-0.05, 0) is 55.2 Å².